The molecule has 1 saturated heterocycles. The average molecular weight is 236 g/mol. The minimum Gasteiger partial charge on any atom is -0.336 e. The zero-order valence-corrected chi connectivity index (χ0v) is 10.5. The molecule has 2 rings (SSSR count). The van der Waals surface area contributed by atoms with E-state index in [1.807, 2.05) is 4.90 Å². The molecule has 1 N–H and O–H groups in total. The van der Waals surface area contributed by atoms with Gasteiger partial charge in [-0.1, -0.05) is 13.8 Å². The molecule has 1 aromatic rings. The van der Waals surface area contributed by atoms with Crippen molar-refractivity contribution >= 4 is 5.91 Å². The first-order chi connectivity index (χ1) is 8.18. The molecule has 0 aliphatic carbocycles. The molecule has 17 heavy (non-hydrogen) atoms. The fourth-order valence-corrected chi connectivity index (χ4v) is 2.45. The highest BCUT2D eigenvalue weighted by atomic mass is 16.2. The van der Waals surface area contributed by atoms with Crippen LogP contribution in [0.25, 0.3) is 0 Å². The Labute approximate surface area is 102 Å². The first kappa shape index (κ1) is 12.1. The highest BCUT2D eigenvalue weighted by Gasteiger charge is 2.24. The molecule has 1 aromatic heterocycles. The highest BCUT2D eigenvalue weighted by Crippen LogP contribution is 2.24. The molecule has 5 heteroatoms. The normalized spacial score (nSPS) is 21.6. The maximum absolute atomic E-state index is 12.1. The molecule has 0 radical (unpaired) electrons. The summed E-state index contributed by atoms with van der Waals surface area (Å²) >= 11 is 0. The second-order valence-corrected chi connectivity index (χ2v) is 5.06. The van der Waals surface area contributed by atoms with E-state index in [-0.39, 0.29) is 5.91 Å². The number of carbonyl (C=O) groups is 1. The van der Waals surface area contributed by atoms with Crippen molar-refractivity contribution in [3.05, 3.63) is 12.2 Å². The Hall–Kier alpha value is -1.39. The van der Waals surface area contributed by atoms with Gasteiger partial charge in [-0.3, -0.25) is 9.89 Å². The van der Waals surface area contributed by atoms with Gasteiger partial charge in [-0.05, 0) is 31.1 Å². The van der Waals surface area contributed by atoms with Crippen LogP contribution in [0.15, 0.2) is 6.33 Å². The van der Waals surface area contributed by atoms with Gasteiger partial charge in [0.15, 0.2) is 0 Å². The number of likely N-dealkylation sites (tertiary alicyclic amines) is 1. The Morgan fingerprint density at radius 2 is 2.29 bits per heavy atom. The van der Waals surface area contributed by atoms with Crippen molar-refractivity contribution in [2.45, 2.75) is 33.1 Å². The van der Waals surface area contributed by atoms with Crippen LogP contribution in [0.5, 0.6) is 0 Å². The zero-order chi connectivity index (χ0) is 12.3. The van der Waals surface area contributed by atoms with Crippen LogP contribution in [0.3, 0.4) is 0 Å². The van der Waals surface area contributed by atoms with Crippen LogP contribution in [0.4, 0.5) is 0 Å². The van der Waals surface area contributed by atoms with E-state index in [4.69, 9.17) is 0 Å². The quantitative estimate of drug-likeness (QED) is 0.850. The van der Waals surface area contributed by atoms with Crippen molar-refractivity contribution in [1.82, 2.24) is 20.1 Å². The van der Waals surface area contributed by atoms with E-state index in [0.29, 0.717) is 11.7 Å². The molecule has 1 aliphatic rings. The van der Waals surface area contributed by atoms with Crippen molar-refractivity contribution in [3.8, 4) is 0 Å². The Morgan fingerprint density at radius 3 is 2.94 bits per heavy atom. The summed E-state index contributed by atoms with van der Waals surface area (Å²) in [5, 5.41) is 6.36. The maximum atomic E-state index is 12.1. The van der Waals surface area contributed by atoms with Gasteiger partial charge in [0.2, 0.25) is 5.82 Å². The minimum absolute atomic E-state index is 0.0214. The van der Waals surface area contributed by atoms with Gasteiger partial charge in [0.05, 0.1) is 0 Å². The average Bonchev–Trinajstić information content (AvgIpc) is 2.71. The van der Waals surface area contributed by atoms with Crippen molar-refractivity contribution < 1.29 is 4.79 Å². The number of carbonyl (C=O) groups excluding carboxylic acids is 1. The summed E-state index contributed by atoms with van der Waals surface area (Å²) in [6.07, 6.45) is 4.78. The molecule has 2 heterocycles. The third kappa shape index (κ3) is 2.84. The van der Waals surface area contributed by atoms with E-state index in [1.54, 1.807) is 0 Å². The highest BCUT2D eigenvalue weighted by molar-refractivity contribution is 5.90. The van der Waals surface area contributed by atoms with Crippen molar-refractivity contribution in [2.24, 2.45) is 11.8 Å². The molecule has 1 atom stereocenters. The monoisotopic (exact) mass is 236 g/mol. The van der Waals surface area contributed by atoms with E-state index in [1.165, 1.54) is 12.7 Å². The Morgan fingerprint density at radius 1 is 1.47 bits per heavy atom. The van der Waals surface area contributed by atoms with E-state index in [2.05, 4.69) is 29.0 Å². The van der Waals surface area contributed by atoms with Crippen molar-refractivity contribution in [2.75, 3.05) is 13.1 Å². The van der Waals surface area contributed by atoms with Crippen LogP contribution < -0.4 is 0 Å². The van der Waals surface area contributed by atoms with Gasteiger partial charge in [-0.25, -0.2) is 4.98 Å². The SMILES string of the molecule is CC(C)C1CCCN(C(=O)c2ncn[nH]2)CC1. The van der Waals surface area contributed by atoms with Gasteiger partial charge in [0, 0.05) is 13.1 Å². The lowest BCUT2D eigenvalue weighted by Gasteiger charge is -2.20. The summed E-state index contributed by atoms with van der Waals surface area (Å²) in [4.78, 5) is 17.9. The number of nitrogens with zero attached hydrogens (tertiary/aromatic N) is 3. The first-order valence-electron chi connectivity index (χ1n) is 6.33. The lowest BCUT2D eigenvalue weighted by Crippen LogP contribution is -2.32. The summed E-state index contributed by atoms with van der Waals surface area (Å²) in [6.45, 7) is 6.20. The van der Waals surface area contributed by atoms with E-state index < -0.39 is 0 Å². The number of aromatic nitrogens is 3. The van der Waals surface area contributed by atoms with E-state index in [0.717, 1.165) is 31.8 Å². The molecule has 1 unspecified atom stereocenters. The number of rotatable bonds is 2. The second kappa shape index (κ2) is 5.29. The predicted molar refractivity (Wildman–Crippen MR) is 64.5 cm³/mol. The van der Waals surface area contributed by atoms with Crippen LogP contribution in [0.2, 0.25) is 0 Å². The number of hydrogen-bond donors (Lipinski definition) is 1. The lowest BCUT2D eigenvalue weighted by atomic mass is 9.89. The van der Waals surface area contributed by atoms with Crippen LogP contribution in [0.1, 0.15) is 43.7 Å². The fourth-order valence-electron chi connectivity index (χ4n) is 2.45. The van der Waals surface area contributed by atoms with Gasteiger partial charge in [0.25, 0.3) is 5.91 Å². The summed E-state index contributed by atoms with van der Waals surface area (Å²) in [5.74, 6) is 1.78. The molecule has 0 spiro atoms. The third-order valence-electron chi connectivity index (χ3n) is 3.62. The van der Waals surface area contributed by atoms with Gasteiger partial charge < -0.3 is 4.90 Å². The largest absolute Gasteiger partial charge is 0.336 e. The number of aromatic amines is 1. The molecule has 1 fully saturated rings. The Kier molecular flexibility index (Phi) is 3.76. The lowest BCUT2D eigenvalue weighted by molar-refractivity contribution is 0.0747. The van der Waals surface area contributed by atoms with Gasteiger partial charge >= 0.3 is 0 Å². The number of H-pyrrole nitrogens is 1. The minimum atomic E-state index is -0.0214. The fraction of sp³-hybridized carbons (Fsp3) is 0.750. The summed E-state index contributed by atoms with van der Waals surface area (Å²) in [7, 11) is 0. The van der Waals surface area contributed by atoms with Gasteiger partial charge in [-0.15, -0.1) is 0 Å². The number of nitrogens with one attached hydrogen (secondary N) is 1. The van der Waals surface area contributed by atoms with Gasteiger partial charge in [0.1, 0.15) is 6.33 Å². The molecule has 1 amide bonds. The third-order valence-corrected chi connectivity index (χ3v) is 3.62. The van der Waals surface area contributed by atoms with Crippen LogP contribution in [-0.4, -0.2) is 39.1 Å². The molecular weight excluding hydrogens is 216 g/mol. The molecule has 0 aromatic carbocycles. The Balaban J connectivity index is 1.97. The van der Waals surface area contributed by atoms with Crippen LogP contribution in [-0.2, 0) is 0 Å². The van der Waals surface area contributed by atoms with E-state index in [9.17, 15) is 4.79 Å². The topological polar surface area (TPSA) is 61.9 Å². The first-order valence-corrected chi connectivity index (χ1v) is 6.33. The summed E-state index contributed by atoms with van der Waals surface area (Å²) in [5.41, 5.74) is 0. The number of hydrogen-bond acceptors (Lipinski definition) is 3. The summed E-state index contributed by atoms with van der Waals surface area (Å²) < 4.78 is 0. The molecular formula is C12H20N4O. The van der Waals surface area contributed by atoms with Crippen LogP contribution in [0, 0.1) is 11.8 Å². The molecule has 5 nitrogen and oxygen atoms in total. The second-order valence-electron chi connectivity index (χ2n) is 5.06. The summed E-state index contributed by atoms with van der Waals surface area (Å²) in [6, 6.07) is 0. The van der Waals surface area contributed by atoms with Crippen molar-refractivity contribution in [3.63, 3.8) is 0 Å². The number of amides is 1. The maximum Gasteiger partial charge on any atom is 0.291 e. The molecule has 1 aliphatic heterocycles. The standard InChI is InChI=1S/C12H20N4O/c1-9(2)10-4-3-6-16(7-5-10)12(17)11-13-8-14-15-11/h8-10H,3-7H2,1-2H3,(H,13,14,15). The predicted octanol–water partition coefficient (Wildman–Crippen LogP) is 1.70. The molecule has 94 valence electrons. The molecule has 0 saturated carbocycles. The van der Waals surface area contributed by atoms with Crippen molar-refractivity contribution in [1.29, 1.82) is 0 Å². The Bertz CT molecular complexity index is 361. The molecule has 0 bridgehead atoms. The smallest absolute Gasteiger partial charge is 0.291 e. The van der Waals surface area contributed by atoms with E-state index >= 15 is 0 Å². The zero-order valence-electron chi connectivity index (χ0n) is 10.5. The van der Waals surface area contributed by atoms with Crippen LogP contribution >= 0.6 is 0 Å². The van der Waals surface area contributed by atoms with Gasteiger partial charge in [-0.2, -0.15) is 5.10 Å².